The number of aryl methyl sites for hydroxylation is 1. The SMILES string of the molecule is COc1ccc(-n2nc(C(C)(C)CN)cc2C)cc1. The van der Waals surface area contributed by atoms with Crippen LogP contribution in [-0.4, -0.2) is 23.4 Å². The Labute approximate surface area is 114 Å². The van der Waals surface area contributed by atoms with Gasteiger partial charge in [-0.15, -0.1) is 0 Å². The second kappa shape index (κ2) is 5.05. The van der Waals surface area contributed by atoms with Gasteiger partial charge >= 0.3 is 0 Å². The fourth-order valence-corrected chi connectivity index (χ4v) is 1.89. The van der Waals surface area contributed by atoms with E-state index in [4.69, 9.17) is 10.5 Å². The molecule has 0 aliphatic heterocycles. The van der Waals surface area contributed by atoms with Gasteiger partial charge in [-0.1, -0.05) is 13.8 Å². The lowest BCUT2D eigenvalue weighted by Gasteiger charge is -2.19. The highest BCUT2D eigenvalue weighted by molar-refractivity contribution is 5.38. The minimum atomic E-state index is -0.109. The molecule has 2 N–H and O–H groups in total. The Morgan fingerprint density at radius 2 is 1.89 bits per heavy atom. The van der Waals surface area contributed by atoms with Crippen molar-refractivity contribution in [2.24, 2.45) is 5.73 Å². The third-order valence-electron chi connectivity index (χ3n) is 3.41. The van der Waals surface area contributed by atoms with Gasteiger partial charge in [0.25, 0.3) is 0 Å². The lowest BCUT2D eigenvalue weighted by atomic mass is 9.90. The van der Waals surface area contributed by atoms with Crippen molar-refractivity contribution in [3.8, 4) is 11.4 Å². The van der Waals surface area contributed by atoms with Crippen molar-refractivity contribution >= 4 is 0 Å². The number of aromatic nitrogens is 2. The highest BCUT2D eigenvalue weighted by atomic mass is 16.5. The molecular weight excluding hydrogens is 238 g/mol. The summed E-state index contributed by atoms with van der Waals surface area (Å²) in [6, 6.07) is 9.96. The van der Waals surface area contributed by atoms with E-state index < -0.39 is 0 Å². The molecule has 4 nitrogen and oxygen atoms in total. The molecule has 1 heterocycles. The summed E-state index contributed by atoms with van der Waals surface area (Å²) >= 11 is 0. The summed E-state index contributed by atoms with van der Waals surface area (Å²) < 4.78 is 7.10. The molecule has 0 spiro atoms. The van der Waals surface area contributed by atoms with Crippen LogP contribution in [0.1, 0.15) is 25.2 Å². The highest BCUT2D eigenvalue weighted by Crippen LogP contribution is 2.23. The first kappa shape index (κ1) is 13.6. The van der Waals surface area contributed by atoms with Crippen LogP contribution in [-0.2, 0) is 5.41 Å². The molecule has 0 saturated heterocycles. The lowest BCUT2D eigenvalue weighted by molar-refractivity contribution is 0.414. The highest BCUT2D eigenvalue weighted by Gasteiger charge is 2.23. The molecule has 0 saturated carbocycles. The van der Waals surface area contributed by atoms with Gasteiger partial charge in [0.1, 0.15) is 5.75 Å². The van der Waals surface area contributed by atoms with Crippen LogP contribution in [0.2, 0.25) is 0 Å². The van der Waals surface area contributed by atoms with Crippen molar-refractivity contribution in [3.63, 3.8) is 0 Å². The van der Waals surface area contributed by atoms with E-state index >= 15 is 0 Å². The van der Waals surface area contributed by atoms with Crippen LogP contribution < -0.4 is 10.5 Å². The largest absolute Gasteiger partial charge is 0.497 e. The van der Waals surface area contributed by atoms with Crippen LogP contribution in [0.15, 0.2) is 30.3 Å². The Balaban J connectivity index is 2.40. The van der Waals surface area contributed by atoms with E-state index in [-0.39, 0.29) is 5.41 Å². The number of ether oxygens (including phenoxy) is 1. The molecule has 1 aromatic carbocycles. The van der Waals surface area contributed by atoms with Gasteiger partial charge in [0, 0.05) is 17.7 Å². The van der Waals surface area contributed by atoms with Crippen molar-refractivity contribution in [2.45, 2.75) is 26.2 Å². The first-order chi connectivity index (χ1) is 8.97. The predicted octanol–water partition coefficient (Wildman–Crippen LogP) is 2.43. The van der Waals surface area contributed by atoms with Gasteiger partial charge < -0.3 is 10.5 Å². The number of hydrogen-bond donors (Lipinski definition) is 1. The van der Waals surface area contributed by atoms with Crippen LogP contribution in [0.4, 0.5) is 0 Å². The maximum Gasteiger partial charge on any atom is 0.119 e. The zero-order valence-electron chi connectivity index (χ0n) is 12.0. The Bertz CT molecular complexity index is 555. The van der Waals surface area contributed by atoms with Crippen molar-refractivity contribution in [1.29, 1.82) is 0 Å². The maximum absolute atomic E-state index is 5.81. The van der Waals surface area contributed by atoms with E-state index in [0.717, 1.165) is 22.8 Å². The zero-order valence-corrected chi connectivity index (χ0v) is 12.0. The van der Waals surface area contributed by atoms with E-state index in [2.05, 4.69) is 25.0 Å². The average Bonchev–Trinajstić information content (AvgIpc) is 2.82. The van der Waals surface area contributed by atoms with Crippen molar-refractivity contribution in [1.82, 2.24) is 9.78 Å². The summed E-state index contributed by atoms with van der Waals surface area (Å²) in [5.41, 5.74) is 8.84. The van der Waals surface area contributed by atoms with Crippen LogP contribution in [0.25, 0.3) is 5.69 Å². The Morgan fingerprint density at radius 3 is 2.42 bits per heavy atom. The molecule has 0 atom stereocenters. The second-order valence-electron chi connectivity index (χ2n) is 5.37. The van der Waals surface area contributed by atoms with Crippen molar-refractivity contribution < 1.29 is 4.74 Å². The van der Waals surface area contributed by atoms with Gasteiger partial charge in [-0.3, -0.25) is 0 Å². The van der Waals surface area contributed by atoms with Gasteiger partial charge in [0.05, 0.1) is 18.5 Å². The molecule has 4 heteroatoms. The lowest BCUT2D eigenvalue weighted by Crippen LogP contribution is -2.28. The molecule has 0 unspecified atom stereocenters. The van der Waals surface area contributed by atoms with Gasteiger partial charge in [0.15, 0.2) is 0 Å². The van der Waals surface area contributed by atoms with Gasteiger partial charge in [-0.05, 0) is 37.3 Å². The normalized spacial score (nSPS) is 11.6. The number of methoxy groups -OCH3 is 1. The van der Waals surface area contributed by atoms with E-state index in [0.29, 0.717) is 6.54 Å². The van der Waals surface area contributed by atoms with Crippen LogP contribution in [0.5, 0.6) is 5.75 Å². The summed E-state index contributed by atoms with van der Waals surface area (Å²) in [6.45, 7) is 6.83. The van der Waals surface area contributed by atoms with E-state index in [1.807, 2.05) is 35.9 Å². The summed E-state index contributed by atoms with van der Waals surface area (Å²) in [6.07, 6.45) is 0. The first-order valence-corrected chi connectivity index (χ1v) is 6.39. The minimum Gasteiger partial charge on any atom is -0.497 e. The third kappa shape index (κ3) is 2.63. The Hall–Kier alpha value is -1.81. The second-order valence-corrected chi connectivity index (χ2v) is 5.37. The summed E-state index contributed by atoms with van der Waals surface area (Å²) in [4.78, 5) is 0. The van der Waals surface area contributed by atoms with Crippen LogP contribution in [0, 0.1) is 6.92 Å². The van der Waals surface area contributed by atoms with Gasteiger partial charge in [-0.25, -0.2) is 4.68 Å². The molecule has 0 radical (unpaired) electrons. The molecule has 2 aromatic rings. The molecule has 2 rings (SSSR count). The molecule has 0 fully saturated rings. The Kier molecular flexibility index (Phi) is 3.62. The molecule has 1 aromatic heterocycles. The predicted molar refractivity (Wildman–Crippen MR) is 76.9 cm³/mol. The first-order valence-electron chi connectivity index (χ1n) is 6.39. The molecular formula is C15H21N3O. The molecule has 102 valence electrons. The van der Waals surface area contributed by atoms with E-state index in [9.17, 15) is 0 Å². The molecule has 0 bridgehead atoms. The molecule has 19 heavy (non-hydrogen) atoms. The fraction of sp³-hybridized carbons (Fsp3) is 0.400. The van der Waals surface area contributed by atoms with Gasteiger partial charge in [-0.2, -0.15) is 5.10 Å². The minimum absolute atomic E-state index is 0.109. The maximum atomic E-state index is 5.81. The average molecular weight is 259 g/mol. The fourth-order valence-electron chi connectivity index (χ4n) is 1.89. The van der Waals surface area contributed by atoms with E-state index in [1.165, 1.54) is 0 Å². The number of hydrogen-bond acceptors (Lipinski definition) is 3. The Morgan fingerprint density at radius 1 is 1.26 bits per heavy atom. The van der Waals surface area contributed by atoms with Crippen molar-refractivity contribution in [3.05, 3.63) is 41.7 Å². The van der Waals surface area contributed by atoms with Crippen LogP contribution >= 0.6 is 0 Å². The zero-order chi connectivity index (χ0) is 14.0. The molecule has 0 aliphatic carbocycles. The quantitative estimate of drug-likeness (QED) is 0.917. The smallest absolute Gasteiger partial charge is 0.119 e. The summed E-state index contributed by atoms with van der Waals surface area (Å²) in [7, 11) is 1.66. The number of rotatable bonds is 4. The third-order valence-corrected chi connectivity index (χ3v) is 3.41. The molecule has 0 amide bonds. The van der Waals surface area contributed by atoms with E-state index in [1.54, 1.807) is 7.11 Å². The number of benzene rings is 1. The monoisotopic (exact) mass is 259 g/mol. The van der Waals surface area contributed by atoms with Gasteiger partial charge in [0.2, 0.25) is 0 Å². The van der Waals surface area contributed by atoms with Crippen molar-refractivity contribution in [2.75, 3.05) is 13.7 Å². The number of nitrogens with zero attached hydrogens (tertiary/aromatic N) is 2. The number of nitrogens with two attached hydrogens (primary N) is 1. The summed E-state index contributed by atoms with van der Waals surface area (Å²) in [5, 5.41) is 4.67. The summed E-state index contributed by atoms with van der Waals surface area (Å²) in [5.74, 6) is 0.844. The van der Waals surface area contributed by atoms with Crippen LogP contribution in [0.3, 0.4) is 0 Å². The standard InChI is InChI=1S/C15H21N3O/c1-11-9-14(15(2,3)10-16)17-18(11)12-5-7-13(19-4)8-6-12/h5-9H,10,16H2,1-4H3. The molecule has 0 aliphatic rings. The topological polar surface area (TPSA) is 53.1 Å².